The molecular weight excluding hydrogens is 146 g/mol. The lowest BCUT2D eigenvalue weighted by molar-refractivity contribution is 0.825. The van der Waals surface area contributed by atoms with Crippen LogP contribution in [-0.2, 0) is 6.42 Å². The zero-order chi connectivity index (χ0) is 8.55. The molecule has 1 aliphatic carbocycles. The zero-order valence-electron chi connectivity index (χ0n) is 7.17. The minimum Gasteiger partial charge on any atom is -0.198 e. The van der Waals surface area contributed by atoms with Crippen LogP contribution in [0.3, 0.4) is 0 Å². The fraction of sp³-hybridized carbons (Fsp3) is 0.364. The van der Waals surface area contributed by atoms with Gasteiger partial charge >= 0.3 is 0 Å². The minimum atomic E-state index is 0.153. The Balaban J connectivity index is 2.55. The van der Waals surface area contributed by atoms with Gasteiger partial charge in [0.05, 0.1) is 12.0 Å². The molecule has 0 amide bonds. The maximum atomic E-state index is 8.85. The van der Waals surface area contributed by atoms with Gasteiger partial charge in [0.15, 0.2) is 0 Å². The Bertz CT molecular complexity index is 347. The summed E-state index contributed by atoms with van der Waals surface area (Å²) in [4.78, 5) is 0. The average molecular weight is 157 g/mol. The second-order valence-electron chi connectivity index (χ2n) is 3.36. The van der Waals surface area contributed by atoms with Crippen molar-refractivity contribution in [1.82, 2.24) is 0 Å². The Hall–Kier alpha value is -1.29. The molecule has 0 heterocycles. The first-order valence-electron chi connectivity index (χ1n) is 4.31. The van der Waals surface area contributed by atoms with Crippen molar-refractivity contribution in [3.63, 3.8) is 0 Å². The summed E-state index contributed by atoms with van der Waals surface area (Å²) in [5.74, 6) is 0.153. The normalized spacial score (nSPS) is 20.2. The van der Waals surface area contributed by atoms with E-state index in [0.717, 1.165) is 12.8 Å². The molecule has 0 bridgehead atoms. The van der Waals surface area contributed by atoms with Gasteiger partial charge in [-0.1, -0.05) is 18.2 Å². The number of aryl methyl sites for hydroxylation is 1. The molecule has 1 nitrogen and oxygen atoms in total. The van der Waals surface area contributed by atoms with Crippen molar-refractivity contribution in [2.75, 3.05) is 0 Å². The number of rotatable bonds is 0. The number of hydrogen-bond donors (Lipinski definition) is 0. The monoisotopic (exact) mass is 157 g/mol. The smallest absolute Gasteiger partial charge is 0.0718 e. The summed E-state index contributed by atoms with van der Waals surface area (Å²) < 4.78 is 0. The van der Waals surface area contributed by atoms with Gasteiger partial charge in [-0.25, -0.2) is 0 Å². The van der Waals surface area contributed by atoms with Crippen LogP contribution in [-0.4, -0.2) is 0 Å². The van der Waals surface area contributed by atoms with E-state index in [1.807, 2.05) is 6.07 Å². The second-order valence-corrected chi connectivity index (χ2v) is 3.36. The van der Waals surface area contributed by atoms with E-state index in [1.54, 1.807) is 0 Å². The Morgan fingerprint density at radius 1 is 1.50 bits per heavy atom. The molecule has 1 atom stereocenters. The van der Waals surface area contributed by atoms with Crippen LogP contribution in [0.15, 0.2) is 18.2 Å². The third kappa shape index (κ3) is 0.921. The lowest BCUT2D eigenvalue weighted by atomic mass is 10.0. The van der Waals surface area contributed by atoms with E-state index in [4.69, 9.17) is 5.26 Å². The Morgan fingerprint density at radius 2 is 2.33 bits per heavy atom. The Kier molecular flexibility index (Phi) is 1.62. The molecule has 1 unspecified atom stereocenters. The predicted octanol–water partition coefficient (Wildman–Crippen LogP) is 2.55. The van der Waals surface area contributed by atoms with Crippen LogP contribution in [0.4, 0.5) is 0 Å². The maximum absolute atomic E-state index is 8.85. The molecule has 0 saturated carbocycles. The van der Waals surface area contributed by atoms with E-state index in [-0.39, 0.29) is 5.92 Å². The van der Waals surface area contributed by atoms with Crippen molar-refractivity contribution in [3.8, 4) is 6.07 Å². The summed E-state index contributed by atoms with van der Waals surface area (Å²) >= 11 is 0. The molecule has 0 N–H and O–H groups in total. The minimum absolute atomic E-state index is 0.153. The van der Waals surface area contributed by atoms with Crippen LogP contribution in [0.25, 0.3) is 0 Å². The van der Waals surface area contributed by atoms with Crippen LogP contribution in [0.5, 0.6) is 0 Å². The van der Waals surface area contributed by atoms with Gasteiger partial charge in [-0.15, -0.1) is 0 Å². The topological polar surface area (TPSA) is 23.8 Å². The van der Waals surface area contributed by atoms with E-state index in [0.29, 0.717) is 0 Å². The third-order valence-corrected chi connectivity index (χ3v) is 2.66. The number of benzene rings is 1. The molecule has 0 aliphatic heterocycles. The van der Waals surface area contributed by atoms with Gasteiger partial charge in [0, 0.05) is 0 Å². The predicted molar refractivity (Wildman–Crippen MR) is 47.9 cm³/mol. The van der Waals surface area contributed by atoms with E-state index in [1.165, 1.54) is 16.7 Å². The molecule has 60 valence electrons. The van der Waals surface area contributed by atoms with E-state index < -0.39 is 0 Å². The fourth-order valence-electron chi connectivity index (χ4n) is 1.97. The molecule has 0 spiro atoms. The standard InChI is InChI=1S/C11H11N/c1-8-3-2-4-11-9(7-12)5-6-10(8)11/h2-4,9H,5-6H2,1H3. The average Bonchev–Trinajstić information content (AvgIpc) is 2.49. The molecule has 1 aromatic carbocycles. The highest BCUT2D eigenvalue weighted by molar-refractivity contribution is 5.42. The highest BCUT2D eigenvalue weighted by Gasteiger charge is 2.22. The lowest BCUT2D eigenvalue weighted by Gasteiger charge is -2.03. The number of nitrogens with zero attached hydrogens (tertiary/aromatic N) is 1. The van der Waals surface area contributed by atoms with Gasteiger partial charge in [0.1, 0.15) is 0 Å². The number of nitriles is 1. The third-order valence-electron chi connectivity index (χ3n) is 2.66. The van der Waals surface area contributed by atoms with Crippen molar-refractivity contribution in [3.05, 3.63) is 34.9 Å². The van der Waals surface area contributed by atoms with Crippen molar-refractivity contribution in [1.29, 1.82) is 5.26 Å². The van der Waals surface area contributed by atoms with Crippen molar-refractivity contribution < 1.29 is 0 Å². The highest BCUT2D eigenvalue weighted by atomic mass is 14.3. The molecule has 0 saturated heterocycles. The molecule has 12 heavy (non-hydrogen) atoms. The summed E-state index contributed by atoms with van der Waals surface area (Å²) in [5.41, 5.74) is 4.01. The summed E-state index contributed by atoms with van der Waals surface area (Å²) in [6, 6.07) is 8.60. The molecule has 0 fully saturated rings. The summed E-state index contributed by atoms with van der Waals surface area (Å²) in [5, 5.41) is 8.85. The SMILES string of the molecule is Cc1cccc2c1CCC2C#N. The molecular formula is C11H11N. The van der Waals surface area contributed by atoms with Crippen LogP contribution in [0, 0.1) is 18.3 Å². The van der Waals surface area contributed by atoms with E-state index >= 15 is 0 Å². The van der Waals surface area contributed by atoms with Crippen molar-refractivity contribution in [2.24, 2.45) is 0 Å². The Labute approximate surface area is 72.6 Å². The lowest BCUT2D eigenvalue weighted by Crippen LogP contribution is -1.89. The van der Waals surface area contributed by atoms with Crippen molar-refractivity contribution in [2.45, 2.75) is 25.7 Å². The van der Waals surface area contributed by atoms with Crippen LogP contribution >= 0.6 is 0 Å². The molecule has 1 aromatic rings. The molecule has 1 heteroatoms. The van der Waals surface area contributed by atoms with Crippen LogP contribution in [0.1, 0.15) is 29.0 Å². The first kappa shape index (κ1) is 7.36. The molecule has 1 aliphatic rings. The number of fused-ring (bicyclic) bond motifs is 1. The molecule has 0 radical (unpaired) electrons. The van der Waals surface area contributed by atoms with Gasteiger partial charge in [-0.05, 0) is 36.5 Å². The summed E-state index contributed by atoms with van der Waals surface area (Å²) in [7, 11) is 0. The number of hydrogen-bond acceptors (Lipinski definition) is 1. The zero-order valence-corrected chi connectivity index (χ0v) is 7.17. The highest BCUT2D eigenvalue weighted by Crippen LogP contribution is 2.33. The largest absolute Gasteiger partial charge is 0.198 e. The summed E-state index contributed by atoms with van der Waals surface area (Å²) in [6.45, 7) is 2.12. The maximum Gasteiger partial charge on any atom is 0.0718 e. The van der Waals surface area contributed by atoms with Gasteiger partial charge in [-0.3, -0.25) is 0 Å². The van der Waals surface area contributed by atoms with Gasteiger partial charge in [-0.2, -0.15) is 5.26 Å². The molecule has 2 rings (SSSR count). The van der Waals surface area contributed by atoms with Crippen molar-refractivity contribution >= 4 is 0 Å². The van der Waals surface area contributed by atoms with Gasteiger partial charge in [0.2, 0.25) is 0 Å². The van der Waals surface area contributed by atoms with E-state index in [9.17, 15) is 0 Å². The van der Waals surface area contributed by atoms with E-state index in [2.05, 4.69) is 25.1 Å². The second kappa shape index (κ2) is 2.64. The van der Waals surface area contributed by atoms with Gasteiger partial charge in [0.25, 0.3) is 0 Å². The molecule has 0 aromatic heterocycles. The van der Waals surface area contributed by atoms with Crippen LogP contribution in [0.2, 0.25) is 0 Å². The Morgan fingerprint density at radius 3 is 3.08 bits per heavy atom. The van der Waals surface area contributed by atoms with Crippen LogP contribution < -0.4 is 0 Å². The first-order valence-corrected chi connectivity index (χ1v) is 4.31. The summed E-state index contributed by atoms with van der Waals surface area (Å²) in [6.07, 6.45) is 2.09. The first-order chi connectivity index (χ1) is 5.83. The quantitative estimate of drug-likeness (QED) is 0.567. The van der Waals surface area contributed by atoms with Gasteiger partial charge < -0.3 is 0 Å². The fourth-order valence-corrected chi connectivity index (χ4v) is 1.97.